The quantitative estimate of drug-likeness (QED) is 0.834. The van der Waals surface area contributed by atoms with Crippen molar-refractivity contribution in [2.24, 2.45) is 5.92 Å². The number of piperidine rings is 1. The van der Waals surface area contributed by atoms with Crippen LogP contribution < -0.4 is 4.74 Å². The maximum Gasteiger partial charge on any atom is 0.267 e. The molecular formula is C18H23N3O2S. The number of benzene rings is 1. The number of amides is 1. The van der Waals surface area contributed by atoms with Gasteiger partial charge in [-0.2, -0.15) is 0 Å². The summed E-state index contributed by atoms with van der Waals surface area (Å²) in [5, 5.41) is 3.95. The van der Waals surface area contributed by atoms with Gasteiger partial charge in [0.1, 0.15) is 10.6 Å². The lowest BCUT2D eigenvalue weighted by Gasteiger charge is -2.32. The minimum atomic E-state index is 0.0913. The van der Waals surface area contributed by atoms with Crippen LogP contribution in [-0.2, 0) is 6.42 Å². The molecule has 24 heavy (non-hydrogen) atoms. The van der Waals surface area contributed by atoms with Crippen LogP contribution in [0.5, 0.6) is 5.75 Å². The first kappa shape index (κ1) is 16.9. The molecule has 1 aliphatic rings. The maximum atomic E-state index is 12.6. The zero-order valence-corrected chi connectivity index (χ0v) is 15.0. The second kappa shape index (κ2) is 7.75. The average molecular weight is 345 g/mol. The Balaban J connectivity index is 1.57. The molecule has 1 amide bonds. The highest BCUT2D eigenvalue weighted by Crippen LogP contribution is 2.25. The number of carbonyl (C=O) groups excluding carboxylic acids is 1. The van der Waals surface area contributed by atoms with Gasteiger partial charge < -0.3 is 9.64 Å². The predicted molar refractivity (Wildman–Crippen MR) is 94.6 cm³/mol. The summed E-state index contributed by atoms with van der Waals surface area (Å²) in [6, 6.07) is 8.24. The molecule has 1 fully saturated rings. The van der Waals surface area contributed by atoms with Crippen molar-refractivity contribution in [2.75, 3.05) is 20.2 Å². The summed E-state index contributed by atoms with van der Waals surface area (Å²) in [6.45, 7) is 3.52. The lowest BCUT2D eigenvalue weighted by atomic mass is 9.91. The molecule has 1 aliphatic heterocycles. The maximum absolute atomic E-state index is 12.6. The van der Waals surface area contributed by atoms with E-state index < -0.39 is 0 Å². The number of aryl methyl sites for hydroxylation is 2. The van der Waals surface area contributed by atoms with Gasteiger partial charge in [-0.3, -0.25) is 4.79 Å². The zero-order chi connectivity index (χ0) is 16.9. The number of rotatable bonds is 5. The largest absolute Gasteiger partial charge is 0.497 e. The molecule has 3 rings (SSSR count). The van der Waals surface area contributed by atoms with E-state index in [1.165, 1.54) is 23.5 Å². The lowest BCUT2D eigenvalue weighted by Crippen LogP contribution is -2.40. The van der Waals surface area contributed by atoms with E-state index in [0.29, 0.717) is 10.8 Å². The van der Waals surface area contributed by atoms with Crippen molar-refractivity contribution in [2.45, 2.75) is 32.6 Å². The fourth-order valence-electron chi connectivity index (χ4n) is 3.26. The van der Waals surface area contributed by atoms with E-state index in [1.807, 2.05) is 24.0 Å². The highest BCUT2D eigenvalue weighted by molar-refractivity contribution is 7.07. The van der Waals surface area contributed by atoms with Crippen LogP contribution >= 0.6 is 11.5 Å². The van der Waals surface area contributed by atoms with Gasteiger partial charge in [-0.15, -0.1) is 5.10 Å². The molecule has 2 heterocycles. The number of likely N-dealkylation sites (tertiary alicyclic amines) is 1. The van der Waals surface area contributed by atoms with Gasteiger partial charge >= 0.3 is 0 Å². The van der Waals surface area contributed by atoms with Crippen LogP contribution in [0.1, 0.15) is 40.2 Å². The summed E-state index contributed by atoms with van der Waals surface area (Å²) in [4.78, 5) is 15.3. The SMILES string of the molecule is COc1cccc(CC[C@@H]2CCCN(C(=O)c3snnc3C)C2)c1. The molecule has 0 bridgehead atoms. The predicted octanol–water partition coefficient (Wildman–Crippen LogP) is 3.34. The smallest absolute Gasteiger partial charge is 0.267 e. The molecule has 2 aromatic rings. The van der Waals surface area contributed by atoms with E-state index in [4.69, 9.17) is 4.74 Å². The fourth-order valence-corrected chi connectivity index (χ4v) is 3.88. The summed E-state index contributed by atoms with van der Waals surface area (Å²) >= 11 is 1.20. The molecule has 6 heteroatoms. The van der Waals surface area contributed by atoms with Crippen molar-refractivity contribution in [1.82, 2.24) is 14.5 Å². The normalized spacial score (nSPS) is 17.8. The first-order valence-corrected chi connectivity index (χ1v) is 9.16. The van der Waals surface area contributed by atoms with Gasteiger partial charge in [0.2, 0.25) is 0 Å². The van der Waals surface area contributed by atoms with Crippen LogP contribution in [0.15, 0.2) is 24.3 Å². The van der Waals surface area contributed by atoms with Crippen LogP contribution in [-0.4, -0.2) is 40.6 Å². The van der Waals surface area contributed by atoms with Crippen LogP contribution in [0.2, 0.25) is 0 Å². The molecule has 1 saturated heterocycles. The summed E-state index contributed by atoms with van der Waals surface area (Å²) in [5.74, 6) is 1.55. The number of ether oxygens (including phenoxy) is 1. The van der Waals surface area contributed by atoms with Crippen molar-refractivity contribution >= 4 is 17.4 Å². The molecule has 0 saturated carbocycles. The number of hydrogen-bond donors (Lipinski definition) is 0. The Morgan fingerprint density at radius 1 is 1.46 bits per heavy atom. The number of nitrogens with zero attached hydrogens (tertiary/aromatic N) is 3. The molecule has 0 N–H and O–H groups in total. The molecule has 1 aromatic heterocycles. The van der Waals surface area contributed by atoms with E-state index in [2.05, 4.69) is 21.7 Å². The Kier molecular flexibility index (Phi) is 5.45. The molecule has 128 valence electrons. The van der Waals surface area contributed by atoms with E-state index >= 15 is 0 Å². The fraction of sp³-hybridized carbons (Fsp3) is 0.500. The number of aromatic nitrogens is 2. The third kappa shape index (κ3) is 3.93. The molecule has 0 aliphatic carbocycles. The first-order valence-electron chi connectivity index (χ1n) is 8.38. The van der Waals surface area contributed by atoms with Gasteiger partial charge in [0.05, 0.1) is 12.8 Å². The molecule has 1 aromatic carbocycles. The van der Waals surface area contributed by atoms with Crippen LogP contribution in [0.3, 0.4) is 0 Å². The van der Waals surface area contributed by atoms with Gasteiger partial charge in [0, 0.05) is 13.1 Å². The second-order valence-electron chi connectivity index (χ2n) is 6.34. The Morgan fingerprint density at radius 2 is 2.33 bits per heavy atom. The van der Waals surface area contributed by atoms with Crippen LogP contribution in [0.4, 0.5) is 0 Å². The molecule has 0 unspecified atom stereocenters. The summed E-state index contributed by atoms with van der Waals surface area (Å²) in [5.41, 5.74) is 2.03. The van der Waals surface area contributed by atoms with Gasteiger partial charge in [0.25, 0.3) is 5.91 Å². The van der Waals surface area contributed by atoms with E-state index in [1.54, 1.807) is 7.11 Å². The topological polar surface area (TPSA) is 55.3 Å². The van der Waals surface area contributed by atoms with Crippen molar-refractivity contribution in [3.05, 3.63) is 40.4 Å². The standard InChI is InChI=1S/C18H23N3O2S/c1-13-17(24-20-19-13)18(22)21-10-4-6-15(12-21)9-8-14-5-3-7-16(11-14)23-2/h3,5,7,11,15H,4,6,8-10,12H2,1-2H3/t15-/m0/s1. The summed E-state index contributed by atoms with van der Waals surface area (Å²) in [7, 11) is 1.69. The van der Waals surface area contributed by atoms with Crippen molar-refractivity contribution in [1.29, 1.82) is 0 Å². The molecule has 0 spiro atoms. The van der Waals surface area contributed by atoms with Gasteiger partial charge in [0.15, 0.2) is 0 Å². The Morgan fingerprint density at radius 3 is 3.08 bits per heavy atom. The molecule has 1 atom stereocenters. The summed E-state index contributed by atoms with van der Waals surface area (Å²) in [6.07, 6.45) is 4.37. The molecular weight excluding hydrogens is 322 g/mol. The average Bonchev–Trinajstić information content (AvgIpc) is 3.05. The number of hydrogen-bond acceptors (Lipinski definition) is 5. The lowest BCUT2D eigenvalue weighted by molar-refractivity contribution is 0.0672. The van der Waals surface area contributed by atoms with Crippen molar-refractivity contribution < 1.29 is 9.53 Å². The molecule has 0 radical (unpaired) electrons. The van der Waals surface area contributed by atoms with Crippen molar-refractivity contribution in [3.8, 4) is 5.75 Å². The Labute approximate surface area is 146 Å². The van der Waals surface area contributed by atoms with Crippen LogP contribution in [0.25, 0.3) is 0 Å². The van der Waals surface area contributed by atoms with Crippen molar-refractivity contribution in [3.63, 3.8) is 0 Å². The third-order valence-electron chi connectivity index (χ3n) is 4.63. The first-order chi connectivity index (χ1) is 11.7. The van der Waals surface area contributed by atoms with E-state index in [-0.39, 0.29) is 5.91 Å². The Hall–Kier alpha value is -1.95. The van der Waals surface area contributed by atoms with E-state index in [0.717, 1.165) is 43.8 Å². The second-order valence-corrected chi connectivity index (χ2v) is 7.09. The highest BCUT2D eigenvalue weighted by atomic mass is 32.1. The van der Waals surface area contributed by atoms with Crippen LogP contribution in [0, 0.1) is 12.8 Å². The van der Waals surface area contributed by atoms with Gasteiger partial charge in [-0.1, -0.05) is 16.6 Å². The van der Waals surface area contributed by atoms with Gasteiger partial charge in [-0.05, 0) is 67.8 Å². The Bertz CT molecular complexity index is 701. The number of methoxy groups -OCH3 is 1. The highest BCUT2D eigenvalue weighted by Gasteiger charge is 2.26. The third-order valence-corrected chi connectivity index (χ3v) is 5.44. The molecule has 5 nitrogen and oxygen atoms in total. The van der Waals surface area contributed by atoms with E-state index in [9.17, 15) is 4.79 Å². The summed E-state index contributed by atoms with van der Waals surface area (Å²) < 4.78 is 9.17. The van der Waals surface area contributed by atoms with Gasteiger partial charge in [-0.25, -0.2) is 0 Å². The monoisotopic (exact) mass is 345 g/mol. The minimum absolute atomic E-state index is 0.0913. The zero-order valence-electron chi connectivity index (χ0n) is 14.2. The number of carbonyl (C=O) groups is 1. The minimum Gasteiger partial charge on any atom is -0.497 e.